The lowest BCUT2D eigenvalue weighted by atomic mass is 9.99. The highest BCUT2D eigenvalue weighted by Crippen LogP contribution is 2.20. The summed E-state index contributed by atoms with van der Waals surface area (Å²) in [5.41, 5.74) is 0.405. The van der Waals surface area contributed by atoms with Crippen molar-refractivity contribution in [2.45, 2.75) is 0 Å². The molecule has 2 saturated heterocycles. The molecule has 1 aromatic rings. The number of hydrogen-bond acceptors (Lipinski definition) is 5. The molecule has 2 aliphatic rings. The number of aromatic nitrogens is 1. The Kier molecular flexibility index (Phi) is 3.09. The van der Waals surface area contributed by atoms with Crippen LogP contribution in [-0.2, 0) is 9.53 Å². The number of cyclic esters (lactones) is 1. The van der Waals surface area contributed by atoms with Crippen LogP contribution in [0, 0.1) is 5.92 Å². The van der Waals surface area contributed by atoms with Gasteiger partial charge in [-0.15, -0.1) is 0 Å². The van der Waals surface area contributed by atoms with Gasteiger partial charge >= 0.3 is 6.09 Å². The van der Waals surface area contributed by atoms with E-state index >= 15 is 0 Å². The first-order valence-electron chi connectivity index (χ1n) is 6.32. The molecule has 2 aliphatic heterocycles. The molecule has 0 atom stereocenters. The van der Waals surface area contributed by atoms with Crippen molar-refractivity contribution in [2.24, 2.45) is 5.92 Å². The minimum absolute atomic E-state index is 0.109. The molecule has 7 heteroatoms. The highest BCUT2D eigenvalue weighted by molar-refractivity contribution is 5.98. The van der Waals surface area contributed by atoms with Gasteiger partial charge in [-0.25, -0.2) is 9.69 Å². The predicted octanol–water partition coefficient (Wildman–Crippen LogP) is 0.132. The fourth-order valence-electron chi connectivity index (χ4n) is 2.32. The van der Waals surface area contributed by atoms with E-state index in [1.54, 1.807) is 29.3 Å². The van der Waals surface area contributed by atoms with Gasteiger partial charge < -0.3 is 9.64 Å². The van der Waals surface area contributed by atoms with Gasteiger partial charge in [0.25, 0.3) is 11.8 Å². The second-order valence-corrected chi connectivity index (χ2v) is 4.85. The Hall–Kier alpha value is -2.44. The Balaban J connectivity index is 1.53. The second-order valence-electron chi connectivity index (χ2n) is 4.85. The van der Waals surface area contributed by atoms with Crippen LogP contribution in [0.5, 0.6) is 0 Å². The maximum Gasteiger partial charge on any atom is 0.417 e. The number of rotatable bonds is 3. The molecule has 3 heterocycles. The molecule has 0 spiro atoms. The lowest BCUT2D eigenvalue weighted by molar-refractivity contribution is -0.126. The number of ether oxygens (including phenoxy) is 1. The number of imide groups is 1. The van der Waals surface area contributed by atoms with E-state index in [0.717, 1.165) is 4.90 Å². The Morgan fingerprint density at radius 3 is 2.75 bits per heavy atom. The van der Waals surface area contributed by atoms with Gasteiger partial charge in [0.1, 0.15) is 5.69 Å². The molecular formula is C13H13N3O4. The number of nitrogens with zero attached hydrogens (tertiary/aromatic N) is 3. The maximum atomic E-state index is 12.0. The number of carbonyl (C=O) groups is 3. The Morgan fingerprint density at radius 2 is 2.15 bits per heavy atom. The lowest BCUT2D eigenvalue weighted by Crippen LogP contribution is -2.54. The fourth-order valence-corrected chi connectivity index (χ4v) is 2.32. The smallest absolute Gasteiger partial charge is 0.417 e. The molecule has 3 rings (SSSR count). The quantitative estimate of drug-likeness (QED) is 0.783. The van der Waals surface area contributed by atoms with E-state index in [0.29, 0.717) is 25.3 Å². The van der Waals surface area contributed by atoms with E-state index in [2.05, 4.69) is 9.72 Å². The molecule has 1 aromatic heterocycles. The zero-order valence-electron chi connectivity index (χ0n) is 10.7. The first kappa shape index (κ1) is 12.6. The maximum absolute atomic E-state index is 12.0. The van der Waals surface area contributed by atoms with Gasteiger partial charge in [-0.3, -0.25) is 14.6 Å². The summed E-state index contributed by atoms with van der Waals surface area (Å²) in [7, 11) is 0. The summed E-state index contributed by atoms with van der Waals surface area (Å²) in [5.74, 6) is -0.334. The standard InChI is InChI=1S/C13H13N3O4/c17-11-8-20-13(19)16(11)7-9-5-15(6-9)12(18)10-3-1-2-4-14-10/h1-4,9H,5-8H2. The molecule has 0 radical (unpaired) electrons. The van der Waals surface area contributed by atoms with Gasteiger partial charge in [-0.2, -0.15) is 0 Å². The van der Waals surface area contributed by atoms with Crippen molar-refractivity contribution in [1.29, 1.82) is 0 Å². The summed E-state index contributed by atoms with van der Waals surface area (Å²) in [6.45, 7) is 1.17. The number of hydrogen-bond donors (Lipinski definition) is 0. The third-order valence-electron chi connectivity index (χ3n) is 3.41. The van der Waals surface area contributed by atoms with Crippen LogP contribution in [0.3, 0.4) is 0 Å². The number of likely N-dealkylation sites (tertiary alicyclic amines) is 1. The first-order chi connectivity index (χ1) is 9.65. The first-order valence-corrected chi connectivity index (χ1v) is 6.32. The van der Waals surface area contributed by atoms with Crippen LogP contribution in [-0.4, -0.2) is 58.9 Å². The van der Waals surface area contributed by atoms with Crippen molar-refractivity contribution in [3.63, 3.8) is 0 Å². The van der Waals surface area contributed by atoms with Crippen LogP contribution in [0.25, 0.3) is 0 Å². The predicted molar refractivity (Wildman–Crippen MR) is 66.7 cm³/mol. The van der Waals surface area contributed by atoms with Crippen molar-refractivity contribution in [3.05, 3.63) is 30.1 Å². The zero-order chi connectivity index (χ0) is 14.1. The number of pyridine rings is 1. The van der Waals surface area contributed by atoms with Crippen molar-refractivity contribution in [1.82, 2.24) is 14.8 Å². The van der Waals surface area contributed by atoms with Crippen molar-refractivity contribution < 1.29 is 19.1 Å². The highest BCUT2D eigenvalue weighted by Gasteiger charge is 2.38. The van der Waals surface area contributed by atoms with Crippen LogP contribution in [0.2, 0.25) is 0 Å². The van der Waals surface area contributed by atoms with Crippen molar-refractivity contribution in [3.8, 4) is 0 Å². The molecule has 0 saturated carbocycles. The summed E-state index contributed by atoms with van der Waals surface area (Å²) in [6, 6.07) is 5.17. The summed E-state index contributed by atoms with van der Waals surface area (Å²) in [6.07, 6.45) is 0.980. The molecule has 0 unspecified atom stereocenters. The largest absolute Gasteiger partial charge is 0.439 e. The summed E-state index contributed by atoms with van der Waals surface area (Å²) >= 11 is 0. The van der Waals surface area contributed by atoms with Crippen molar-refractivity contribution >= 4 is 17.9 Å². The molecule has 0 bridgehead atoms. The van der Waals surface area contributed by atoms with Gasteiger partial charge in [0.05, 0.1) is 0 Å². The van der Waals surface area contributed by atoms with Crippen LogP contribution < -0.4 is 0 Å². The van der Waals surface area contributed by atoms with Gasteiger partial charge in [0, 0.05) is 31.7 Å². The molecule has 0 aromatic carbocycles. The van der Waals surface area contributed by atoms with Crippen molar-refractivity contribution in [2.75, 3.05) is 26.2 Å². The van der Waals surface area contributed by atoms with Crippen LogP contribution in [0.15, 0.2) is 24.4 Å². The van der Waals surface area contributed by atoms with Gasteiger partial charge in [0.15, 0.2) is 6.61 Å². The zero-order valence-corrected chi connectivity index (χ0v) is 10.7. The molecule has 20 heavy (non-hydrogen) atoms. The van der Waals surface area contributed by atoms with Gasteiger partial charge in [0.2, 0.25) is 0 Å². The molecule has 3 amide bonds. The SMILES string of the molecule is O=C(c1ccccn1)N1CC(CN2C(=O)COC2=O)C1. The average molecular weight is 275 g/mol. The number of carbonyl (C=O) groups excluding carboxylic acids is 3. The van der Waals surface area contributed by atoms with Crippen LogP contribution in [0.4, 0.5) is 4.79 Å². The van der Waals surface area contributed by atoms with E-state index in [1.807, 2.05) is 0 Å². The monoisotopic (exact) mass is 275 g/mol. The van der Waals surface area contributed by atoms with E-state index < -0.39 is 6.09 Å². The van der Waals surface area contributed by atoms with E-state index in [9.17, 15) is 14.4 Å². The normalized spacial score (nSPS) is 19.0. The molecule has 104 valence electrons. The minimum Gasteiger partial charge on any atom is -0.439 e. The van der Waals surface area contributed by atoms with Crippen LogP contribution >= 0.6 is 0 Å². The van der Waals surface area contributed by atoms with E-state index in [1.165, 1.54) is 0 Å². The topological polar surface area (TPSA) is 79.8 Å². The Labute approximate surface area is 115 Å². The third-order valence-corrected chi connectivity index (χ3v) is 3.41. The van der Waals surface area contributed by atoms with Gasteiger partial charge in [-0.1, -0.05) is 6.07 Å². The molecule has 0 aliphatic carbocycles. The highest BCUT2D eigenvalue weighted by atomic mass is 16.6. The van der Waals surface area contributed by atoms with Crippen LogP contribution in [0.1, 0.15) is 10.5 Å². The lowest BCUT2D eigenvalue weighted by Gasteiger charge is -2.39. The Morgan fingerprint density at radius 1 is 1.35 bits per heavy atom. The molecule has 0 N–H and O–H groups in total. The van der Waals surface area contributed by atoms with E-state index in [-0.39, 0.29) is 24.3 Å². The molecular weight excluding hydrogens is 262 g/mol. The summed E-state index contributed by atoms with van der Waals surface area (Å²) in [4.78, 5) is 41.5. The second kappa shape index (κ2) is 4.92. The fraction of sp³-hybridized carbons (Fsp3) is 0.385. The minimum atomic E-state index is -0.593. The van der Waals surface area contributed by atoms with E-state index in [4.69, 9.17) is 0 Å². The number of amides is 3. The average Bonchev–Trinajstić information content (AvgIpc) is 2.73. The molecule has 7 nitrogen and oxygen atoms in total. The Bertz CT molecular complexity index is 538. The summed E-state index contributed by atoms with van der Waals surface area (Å²) in [5, 5.41) is 0. The van der Waals surface area contributed by atoms with Gasteiger partial charge in [-0.05, 0) is 12.1 Å². The summed E-state index contributed by atoms with van der Waals surface area (Å²) < 4.78 is 4.64. The molecule has 2 fully saturated rings. The third kappa shape index (κ3) is 2.22.